The van der Waals surface area contributed by atoms with Gasteiger partial charge in [-0.25, -0.2) is 0 Å². The molecule has 0 aromatic carbocycles. The molecule has 0 aliphatic carbocycles. The Morgan fingerprint density at radius 1 is 1.32 bits per heavy atom. The Morgan fingerprint density at radius 2 is 2.14 bits per heavy atom. The summed E-state index contributed by atoms with van der Waals surface area (Å²) >= 11 is 1.90. The van der Waals surface area contributed by atoms with E-state index in [0.717, 1.165) is 38.4 Å². The van der Waals surface area contributed by atoms with Crippen LogP contribution in [0.4, 0.5) is 0 Å². The predicted molar refractivity (Wildman–Crippen MR) is 110 cm³/mol. The van der Waals surface area contributed by atoms with E-state index in [0.29, 0.717) is 0 Å². The van der Waals surface area contributed by atoms with Crippen LogP contribution in [0.15, 0.2) is 23.5 Å². The molecular weight excluding hydrogens is 407 g/mol. The summed E-state index contributed by atoms with van der Waals surface area (Å²) in [6.07, 6.45) is 9.30. The topological polar surface area (TPSA) is 49.3 Å². The molecule has 1 rings (SSSR count). The van der Waals surface area contributed by atoms with Gasteiger partial charge in [-0.1, -0.05) is 0 Å². The van der Waals surface area contributed by atoms with Gasteiger partial charge in [-0.2, -0.15) is 11.8 Å². The van der Waals surface area contributed by atoms with E-state index >= 15 is 0 Å². The number of nitrogens with one attached hydrogen (secondary N) is 2. The van der Waals surface area contributed by atoms with Crippen molar-refractivity contribution >= 4 is 41.7 Å². The number of hydrogen-bond donors (Lipinski definition) is 2. The fourth-order valence-corrected chi connectivity index (χ4v) is 2.48. The van der Waals surface area contributed by atoms with Gasteiger partial charge in [0.05, 0.1) is 0 Å². The van der Waals surface area contributed by atoms with Crippen LogP contribution >= 0.6 is 35.7 Å². The highest BCUT2D eigenvalue weighted by Gasteiger charge is 2.00. The fourth-order valence-electron chi connectivity index (χ4n) is 1.99. The van der Waals surface area contributed by atoms with E-state index in [1.165, 1.54) is 23.3 Å². The second kappa shape index (κ2) is 14.1. The molecule has 1 aromatic heterocycles. The molecular formula is C16H29IN4S. The van der Waals surface area contributed by atoms with Crippen molar-refractivity contribution in [1.29, 1.82) is 0 Å². The molecule has 6 heteroatoms. The van der Waals surface area contributed by atoms with Crippen LogP contribution in [0.1, 0.15) is 30.9 Å². The summed E-state index contributed by atoms with van der Waals surface area (Å²) in [6.45, 7) is 6.88. The van der Waals surface area contributed by atoms with Gasteiger partial charge in [0, 0.05) is 32.0 Å². The van der Waals surface area contributed by atoms with Crippen molar-refractivity contribution in [3.8, 4) is 0 Å². The van der Waals surface area contributed by atoms with Gasteiger partial charge in [0.15, 0.2) is 5.96 Å². The number of guanidine groups is 1. The lowest BCUT2D eigenvalue weighted by molar-refractivity contribution is 0.769. The van der Waals surface area contributed by atoms with Crippen LogP contribution in [-0.4, -0.2) is 42.6 Å². The van der Waals surface area contributed by atoms with Crippen molar-refractivity contribution in [3.05, 3.63) is 29.6 Å². The molecule has 4 nitrogen and oxygen atoms in total. The molecule has 0 saturated heterocycles. The number of hydrogen-bond acceptors (Lipinski definition) is 3. The van der Waals surface area contributed by atoms with Crippen LogP contribution in [-0.2, 0) is 6.42 Å². The summed E-state index contributed by atoms with van der Waals surface area (Å²) in [5, 5.41) is 6.70. The van der Waals surface area contributed by atoms with Crippen LogP contribution in [0.2, 0.25) is 0 Å². The van der Waals surface area contributed by atoms with Crippen LogP contribution in [0, 0.1) is 6.92 Å². The standard InChI is InChI=1S/C16H28N4S.HI/c1-4-18-16(19-9-5-6-12-21-3)20-11-8-15-7-10-17-13-14(15)2;/h7,10,13H,4-6,8-9,11-12H2,1-3H3,(H2,18,19,20);1H. The van der Waals surface area contributed by atoms with Crippen LogP contribution in [0.5, 0.6) is 0 Å². The van der Waals surface area contributed by atoms with Gasteiger partial charge in [-0.05, 0) is 62.3 Å². The van der Waals surface area contributed by atoms with Gasteiger partial charge in [0.25, 0.3) is 0 Å². The Bertz CT molecular complexity index is 426. The highest BCUT2D eigenvalue weighted by molar-refractivity contribution is 14.0. The lowest BCUT2D eigenvalue weighted by Gasteiger charge is -2.12. The molecule has 0 aliphatic heterocycles. The van der Waals surface area contributed by atoms with Crippen LogP contribution < -0.4 is 10.6 Å². The average Bonchev–Trinajstić information content (AvgIpc) is 2.49. The van der Waals surface area contributed by atoms with E-state index in [9.17, 15) is 0 Å². The molecule has 1 aromatic rings. The molecule has 1 heterocycles. The summed E-state index contributed by atoms with van der Waals surface area (Å²) in [5.74, 6) is 2.15. The van der Waals surface area contributed by atoms with Crippen molar-refractivity contribution < 1.29 is 0 Å². The molecule has 126 valence electrons. The summed E-state index contributed by atoms with van der Waals surface area (Å²) in [6, 6.07) is 2.09. The number of aliphatic imine (C=N–C) groups is 1. The zero-order valence-electron chi connectivity index (χ0n) is 13.9. The Morgan fingerprint density at radius 3 is 2.82 bits per heavy atom. The third kappa shape index (κ3) is 9.50. The number of halogens is 1. The van der Waals surface area contributed by atoms with Crippen molar-refractivity contribution in [3.63, 3.8) is 0 Å². The number of rotatable bonds is 9. The minimum Gasteiger partial charge on any atom is -0.357 e. The molecule has 22 heavy (non-hydrogen) atoms. The Kier molecular flexibility index (Phi) is 13.8. The first kappa shape index (κ1) is 21.5. The number of nitrogens with zero attached hydrogens (tertiary/aromatic N) is 2. The van der Waals surface area contributed by atoms with E-state index in [-0.39, 0.29) is 24.0 Å². The minimum atomic E-state index is 0. The normalized spacial score (nSPS) is 11.0. The predicted octanol–water partition coefficient (Wildman–Crippen LogP) is 3.25. The first-order valence-corrected chi connectivity index (χ1v) is 9.08. The van der Waals surface area contributed by atoms with E-state index in [1.54, 1.807) is 0 Å². The molecule has 0 radical (unpaired) electrons. The molecule has 0 atom stereocenters. The Balaban J connectivity index is 0.00000441. The van der Waals surface area contributed by atoms with E-state index < -0.39 is 0 Å². The third-order valence-corrected chi connectivity index (χ3v) is 3.89. The van der Waals surface area contributed by atoms with Gasteiger partial charge in [-0.15, -0.1) is 24.0 Å². The lowest BCUT2D eigenvalue weighted by Crippen LogP contribution is -2.38. The van der Waals surface area contributed by atoms with E-state index in [1.807, 2.05) is 24.2 Å². The fraction of sp³-hybridized carbons (Fsp3) is 0.625. The van der Waals surface area contributed by atoms with Crippen LogP contribution in [0.25, 0.3) is 0 Å². The number of aromatic nitrogens is 1. The third-order valence-electron chi connectivity index (χ3n) is 3.19. The quantitative estimate of drug-likeness (QED) is 0.270. The summed E-state index contributed by atoms with van der Waals surface area (Å²) in [4.78, 5) is 8.74. The Hall–Kier alpha value is -0.500. The minimum absolute atomic E-state index is 0. The second-order valence-corrected chi connectivity index (χ2v) is 5.93. The number of pyridine rings is 1. The molecule has 0 aliphatic rings. The zero-order chi connectivity index (χ0) is 15.3. The van der Waals surface area contributed by atoms with Gasteiger partial charge >= 0.3 is 0 Å². The highest BCUT2D eigenvalue weighted by atomic mass is 127. The van der Waals surface area contributed by atoms with Crippen molar-refractivity contribution in [1.82, 2.24) is 15.6 Å². The lowest BCUT2D eigenvalue weighted by atomic mass is 10.1. The molecule has 0 fully saturated rings. The van der Waals surface area contributed by atoms with Gasteiger partial charge < -0.3 is 10.6 Å². The smallest absolute Gasteiger partial charge is 0.191 e. The molecule has 0 saturated carbocycles. The number of aryl methyl sites for hydroxylation is 1. The summed E-state index contributed by atoms with van der Waals surface area (Å²) < 4.78 is 0. The first-order chi connectivity index (χ1) is 10.3. The van der Waals surface area contributed by atoms with Crippen molar-refractivity contribution in [2.75, 3.05) is 31.6 Å². The SMILES string of the molecule is CCNC(=NCCCCSC)NCCc1ccncc1C.I. The summed E-state index contributed by atoms with van der Waals surface area (Å²) in [7, 11) is 0. The average molecular weight is 436 g/mol. The Labute approximate surface area is 156 Å². The molecule has 2 N–H and O–H groups in total. The highest BCUT2D eigenvalue weighted by Crippen LogP contribution is 2.04. The molecule has 0 spiro atoms. The van der Waals surface area contributed by atoms with Gasteiger partial charge in [0.1, 0.15) is 0 Å². The maximum Gasteiger partial charge on any atom is 0.191 e. The molecule has 0 amide bonds. The van der Waals surface area contributed by atoms with Crippen molar-refractivity contribution in [2.45, 2.75) is 33.1 Å². The largest absolute Gasteiger partial charge is 0.357 e. The number of unbranched alkanes of at least 4 members (excludes halogenated alkanes) is 1. The van der Waals surface area contributed by atoms with Crippen LogP contribution in [0.3, 0.4) is 0 Å². The van der Waals surface area contributed by atoms with E-state index in [2.05, 4.69) is 46.8 Å². The second-order valence-electron chi connectivity index (χ2n) is 4.94. The van der Waals surface area contributed by atoms with Gasteiger partial charge in [0.2, 0.25) is 0 Å². The maximum absolute atomic E-state index is 4.61. The van der Waals surface area contributed by atoms with E-state index in [4.69, 9.17) is 0 Å². The monoisotopic (exact) mass is 436 g/mol. The van der Waals surface area contributed by atoms with Crippen molar-refractivity contribution in [2.24, 2.45) is 4.99 Å². The zero-order valence-corrected chi connectivity index (χ0v) is 17.0. The molecule has 0 unspecified atom stereocenters. The maximum atomic E-state index is 4.61. The van der Waals surface area contributed by atoms with Gasteiger partial charge in [-0.3, -0.25) is 9.98 Å². The first-order valence-electron chi connectivity index (χ1n) is 7.68. The molecule has 0 bridgehead atoms. The summed E-state index contributed by atoms with van der Waals surface area (Å²) in [5.41, 5.74) is 2.59. The number of thioether (sulfide) groups is 1.